The summed E-state index contributed by atoms with van der Waals surface area (Å²) in [6.07, 6.45) is 6.05. The van der Waals surface area contributed by atoms with Gasteiger partial charge in [0, 0.05) is 32.7 Å². The molecule has 0 amide bonds. The average molecular weight is 575 g/mol. The van der Waals surface area contributed by atoms with Crippen molar-refractivity contribution in [3.8, 4) is 56.2 Å². The maximum absolute atomic E-state index is 6.61. The summed E-state index contributed by atoms with van der Waals surface area (Å²) in [5.74, 6) is 0. The van der Waals surface area contributed by atoms with Gasteiger partial charge in [0.2, 0.25) is 0 Å². The molecular weight excluding hydrogens is 544 g/mol. The number of rotatable bonds is 4. The monoisotopic (exact) mass is 574 g/mol. The molecule has 6 aromatic rings. The van der Waals surface area contributed by atoms with E-state index in [1.54, 1.807) is 0 Å². The van der Waals surface area contributed by atoms with Crippen LogP contribution < -0.4 is 0 Å². The van der Waals surface area contributed by atoms with Crippen LogP contribution in [0.1, 0.15) is 43.2 Å². The molecule has 0 unspecified atom stereocenters. The van der Waals surface area contributed by atoms with E-state index in [1.807, 2.05) is 18.2 Å². The highest BCUT2D eigenvalue weighted by Gasteiger charge is 2.44. The SMILES string of the molecule is Clc1ccc2c(c1)C1(CCCCC1)c1cc(-c3nc(-c4ccccc4)c(-c4ccccc4)nc3-c3ccccc3)ccc1-2. The van der Waals surface area contributed by atoms with E-state index in [0.29, 0.717) is 0 Å². The number of nitrogens with zero attached hydrogens (tertiary/aromatic N) is 2. The van der Waals surface area contributed by atoms with Crippen molar-refractivity contribution < 1.29 is 0 Å². The number of benzene rings is 5. The molecule has 1 saturated carbocycles. The minimum Gasteiger partial charge on any atom is -0.243 e. The molecule has 0 saturated heterocycles. The number of fused-ring (bicyclic) bond motifs is 5. The molecule has 0 atom stereocenters. The Balaban J connectivity index is 1.40. The summed E-state index contributed by atoms with van der Waals surface area (Å²) in [6.45, 7) is 0. The molecule has 1 spiro atoms. The molecule has 0 aliphatic heterocycles. The maximum atomic E-state index is 6.61. The maximum Gasteiger partial charge on any atom is 0.0973 e. The second kappa shape index (κ2) is 10.6. The smallest absolute Gasteiger partial charge is 0.0973 e. The zero-order valence-corrected chi connectivity index (χ0v) is 24.7. The third kappa shape index (κ3) is 4.40. The van der Waals surface area contributed by atoms with E-state index < -0.39 is 0 Å². The lowest BCUT2D eigenvalue weighted by Crippen LogP contribution is -2.28. The molecule has 2 aliphatic rings. The van der Waals surface area contributed by atoms with Crippen molar-refractivity contribution in [2.75, 3.05) is 0 Å². The fourth-order valence-electron chi connectivity index (χ4n) is 7.34. The Morgan fingerprint density at radius 3 is 1.40 bits per heavy atom. The highest BCUT2D eigenvalue weighted by atomic mass is 35.5. The van der Waals surface area contributed by atoms with Crippen molar-refractivity contribution in [2.24, 2.45) is 0 Å². The molecule has 43 heavy (non-hydrogen) atoms. The first kappa shape index (κ1) is 26.1. The molecule has 0 radical (unpaired) electrons. The Hall–Kier alpha value is -4.53. The van der Waals surface area contributed by atoms with Crippen molar-refractivity contribution in [1.82, 2.24) is 9.97 Å². The van der Waals surface area contributed by atoms with Crippen LogP contribution in [0.25, 0.3) is 56.2 Å². The average Bonchev–Trinajstić information content (AvgIpc) is 3.33. The third-order valence-corrected chi connectivity index (χ3v) is 9.58. The second-order valence-electron chi connectivity index (χ2n) is 11.8. The zero-order chi connectivity index (χ0) is 28.8. The van der Waals surface area contributed by atoms with Gasteiger partial charge in [-0.25, -0.2) is 9.97 Å². The third-order valence-electron chi connectivity index (χ3n) is 9.34. The molecule has 0 bridgehead atoms. The summed E-state index contributed by atoms with van der Waals surface area (Å²) in [5, 5.41) is 0.818. The van der Waals surface area contributed by atoms with Crippen molar-refractivity contribution in [1.29, 1.82) is 0 Å². The Morgan fingerprint density at radius 1 is 0.442 bits per heavy atom. The van der Waals surface area contributed by atoms with Gasteiger partial charge in [-0.2, -0.15) is 0 Å². The minimum atomic E-state index is -0.00357. The molecule has 1 aromatic heterocycles. The van der Waals surface area contributed by atoms with Crippen molar-refractivity contribution in [3.05, 3.63) is 144 Å². The molecule has 1 fully saturated rings. The first-order valence-electron chi connectivity index (χ1n) is 15.2. The number of halogens is 1. The molecule has 0 N–H and O–H groups in total. The summed E-state index contributed by atoms with van der Waals surface area (Å²) < 4.78 is 0. The van der Waals surface area contributed by atoms with Crippen molar-refractivity contribution in [2.45, 2.75) is 37.5 Å². The Labute approximate surface area is 258 Å². The Kier molecular flexibility index (Phi) is 6.46. The summed E-state index contributed by atoms with van der Waals surface area (Å²) in [6, 6.07) is 44.8. The van der Waals surface area contributed by atoms with Gasteiger partial charge in [-0.05, 0) is 53.3 Å². The predicted molar refractivity (Wildman–Crippen MR) is 178 cm³/mol. The second-order valence-corrected chi connectivity index (χ2v) is 12.2. The number of aromatic nitrogens is 2. The van der Waals surface area contributed by atoms with Crippen molar-refractivity contribution in [3.63, 3.8) is 0 Å². The fraction of sp³-hybridized carbons (Fsp3) is 0.150. The van der Waals surface area contributed by atoms with Crippen LogP contribution in [0.3, 0.4) is 0 Å². The Bertz CT molecular complexity index is 1940. The molecule has 5 aromatic carbocycles. The van der Waals surface area contributed by atoms with E-state index in [2.05, 4.69) is 109 Å². The first-order chi connectivity index (χ1) is 21.2. The van der Waals surface area contributed by atoms with Crippen LogP contribution in [0.4, 0.5) is 0 Å². The van der Waals surface area contributed by atoms with E-state index in [4.69, 9.17) is 21.6 Å². The van der Waals surface area contributed by atoms with Crippen LogP contribution in [-0.4, -0.2) is 9.97 Å². The van der Waals surface area contributed by atoms with Gasteiger partial charge in [-0.15, -0.1) is 0 Å². The lowest BCUT2D eigenvalue weighted by atomic mass is 9.67. The van der Waals surface area contributed by atoms with Crippen LogP contribution in [0.15, 0.2) is 127 Å². The van der Waals surface area contributed by atoms with Gasteiger partial charge in [-0.1, -0.05) is 140 Å². The highest BCUT2D eigenvalue weighted by molar-refractivity contribution is 6.30. The molecule has 8 rings (SSSR count). The van der Waals surface area contributed by atoms with Gasteiger partial charge >= 0.3 is 0 Å². The lowest BCUT2D eigenvalue weighted by molar-refractivity contribution is 0.353. The summed E-state index contributed by atoms with van der Waals surface area (Å²) in [7, 11) is 0. The highest BCUT2D eigenvalue weighted by Crippen LogP contribution is 2.57. The Morgan fingerprint density at radius 2 is 0.884 bits per heavy atom. The van der Waals surface area contributed by atoms with Gasteiger partial charge < -0.3 is 0 Å². The van der Waals surface area contributed by atoms with E-state index in [1.165, 1.54) is 41.5 Å². The van der Waals surface area contributed by atoms with Crippen LogP contribution in [0, 0.1) is 0 Å². The number of hydrogen-bond acceptors (Lipinski definition) is 2. The molecule has 2 aliphatic carbocycles. The van der Waals surface area contributed by atoms with Gasteiger partial charge in [-0.3, -0.25) is 0 Å². The molecule has 2 nitrogen and oxygen atoms in total. The quantitative estimate of drug-likeness (QED) is 0.209. The normalized spacial score (nSPS) is 14.8. The van der Waals surface area contributed by atoms with E-state index in [0.717, 1.165) is 62.9 Å². The van der Waals surface area contributed by atoms with E-state index >= 15 is 0 Å². The van der Waals surface area contributed by atoms with Crippen LogP contribution in [0.5, 0.6) is 0 Å². The summed E-state index contributed by atoms with van der Waals surface area (Å²) >= 11 is 6.61. The number of hydrogen-bond donors (Lipinski definition) is 0. The topological polar surface area (TPSA) is 25.8 Å². The van der Waals surface area contributed by atoms with Crippen LogP contribution >= 0.6 is 11.6 Å². The van der Waals surface area contributed by atoms with Crippen molar-refractivity contribution >= 4 is 11.6 Å². The standard InChI is InChI=1S/C40H31ClN2/c41-31-20-22-33-32-21-19-30(25-34(32)40(35(33)26-31)23-11-4-12-24-40)39-38(29-17-9-3-10-18-29)42-36(27-13-5-1-6-14-27)37(43-39)28-15-7-2-8-16-28/h1-3,5-10,13-22,25-26H,4,11-12,23-24H2. The largest absolute Gasteiger partial charge is 0.243 e. The lowest BCUT2D eigenvalue weighted by Gasteiger charge is -2.36. The van der Waals surface area contributed by atoms with Crippen LogP contribution in [0.2, 0.25) is 5.02 Å². The molecule has 3 heteroatoms. The van der Waals surface area contributed by atoms with E-state index in [-0.39, 0.29) is 5.41 Å². The van der Waals surface area contributed by atoms with Gasteiger partial charge in [0.15, 0.2) is 0 Å². The first-order valence-corrected chi connectivity index (χ1v) is 15.6. The zero-order valence-electron chi connectivity index (χ0n) is 23.9. The minimum absolute atomic E-state index is 0.00357. The summed E-state index contributed by atoms with van der Waals surface area (Å²) in [4.78, 5) is 10.9. The van der Waals surface area contributed by atoms with Crippen LogP contribution in [-0.2, 0) is 5.41 Å². The van der Waals surface area contributed by atoms with Gasteiger partial charge in [0.1, 0.15) is 0 Å². The summed E-state index contributed by atoms with van der Waals surface area (Å²) in [5.41, 5.74) is 13.3. The molecule has 1 heterocycles. The molecular formula is C40H31ClN2. The molecule has 208 valence electrons. The van der Waals surface area contributed by atoms with Gasteiger partial charge in [0.05, 0.1) is 22.8 Å². The van der Waals surface area contributed by atoms with Gasteiger partial charge in [0.25, 0.3) is 0 Å². The fourth-order valence-corrected chi connectivity index (χ4v) is 7.51. The van der Waals surface area contributed by atoms with E-state index in [9.17, 15) is 0 Å². The predicted octanol–water partition coefficient (Wildman–Crippen LogP) is 11.0.